The molecule has 2 aliphatic rings. The molecule has 32 heavy (non-hydrogen) atoms. The predicted molar refractivity (Wildman–Crippen MR) is 130 cm³/mol. The molecular formula is C26H42O5Si. The van der Waals surface area contributed by atoms with Gasteiger partial charge in [0.15, 0.2) is 8.32 Å². The summed E-state index contributed by atoms with van der Waals surface area (Å²) in [4.78, 5) is 0. The van der Waals surface area contributed by atoms with Crippen molar-refractivity contribution in [2.24, 2.45) is 5.92 Å². The second-order valence-electron chi connectivity index (χ2n) is 10.5. The summed E-state index contributed by atoms with van der Waals surface area (Å²) in [6.07, 6.45) is 5.18. The summed E-state index contributed by atoms with van der Waals surface area (Å²) in [5, 5.41) is 0.190. The van der Waals surface area contributed by atoms with Crippen LogP contribution < -0.4 is 0 Å². The highest BCUT2D eigenvalue weighted by atomic mass is 28.4. The van der Waals surface area contributed by atoms with E-state index >= 15 is 0 Å². The van der Waals surface area contributed by atoms with Gasteiger partial charge in [-0.1, -0.05) is 57.2 Å². The third kappa shape index (κ3) is 6.52. The van der Waals surface area contributed by atoms with Crippen LogP contribution in [0.4, 0.5) is 0 Å². The van der Waals surface area contributed by atoms with Crippen molar-refractivity contribution in [3.05, 3.63) is 48.6 Å². The van der Waals surface area contributed by atoms with Crippen LogP contribution in [0.15, 0.2) is 43.0 Å². The molecule has 2 fully saturated rings. The first-order chi connectivity index (χ1) is 15.2. The normalized spacial score (nSPS) is 28.8. The van der Waals surface area contributed by atoms with Crippen LogP contribution in [-0.2, 0) is 30.0 Å². The fourth-order valence-electron chi connectivity index (χ4n) is 4.08. The molecule has 0 radical (unpaired) electrons. The summed E-state index contributed by atoms with van der Waals surface area (Å²) in [7, 11) is -1.80. The summed E-state index contributed by atoms with van der Waals surface area (Å²) in [6, 6.07) is 10.2. The molecular weight excluding hydrogens is 420 g/mol. The minimum Gasteiger partial charge on any atom is -0.417 e. The van der Waals surface area contributed by atoms with Crippen LogP contribution in [0.5, 0.6) is 0 Å². The first kappa shape index (κ1) is 25.6. The lowest BCUT2D eigenvalue weighted by Gasteiger charge is -2.46. The SMILES string of the molecule is C=C[C@@H]1[C@H](CCOCc2ccccc2)OC2(CCCO2)O[C@H]1CCO[Si](C)(C)C(C)(C)C. The van der Waals surface area contributed by atoms with Crippen molar-refractivity contribution in [2.45, 2.75) is 89.4 Å². The zero-order valence-corrected chi connectivity index (χ0v) is 21.6. The Labute approximate surface area is 195 Å². The number of rotatable bonds is 10. The lowest BCUT2D eigenvalue weighted by atomic mass is 9.90. The van der Waals surface area contributed by atoms with Gasteiger partial charge < -0.3 is 23.4 Å². The van der Waals surface area contributed by atoms with E-state index in [0.717, 1.165) is 25.7 Å². The van der Waals surface area contributed by atoms with Crippen molar-refractivity contribution in [1.29, 1.82) is 0 Å². The van der Waals surface area contributed by atoms with Crippen LogP contribution in [0, 0.1) is 5.92 Å². The van der Waals surface area contributed by atoms with Gasteiger partial charge in [-0.2, -0.15) is 0 Å². The smallest absolute Gasteiger partial charge is 0.283 e. The maximum atomic E-state index is 6.44. The highest BCUT2D eigenvalue weighted by molar-refractivity contribution is 6.74. The quantitative estimate of drug-likeness (QED) is 0.240. The van der Waals surface area contributed by atoms with E-state index in [1.807, 2.05) is 24.3 Å². The average Bonchev–Trinajstić information content (AvgIpc) is 3.18. The van der Waals surface area contributed by atoms with Crippen molar-refractivity contribution in [3.63, 3.8) is 0 Å². The molecule has 0 aliphatic carbocycles. The maximum absolute atomic E-state index is 6.44. The van der Waals surface area contributed by atoms with Crippen molar-refractivity contribution < 1.29 is 23.4 Å². The molecule has 3 rings (SSSR count). The Hall–Kier alpha value is -1.02. The second kappa shape index (κ2) is 10.9. The molecule has 5 nitrogen and oxygen atoms in total. The van der Waals surface area contributed by atoms with Crippen molar-refractivity contribution in [1.82, 2.24) is 0 Å². The van der Waals surface area contributed by atoms with Crippen LogP contribution in [0.2, 0.25) is 18.1 Å². The van der Waals surface area contributed by atoms with Crippen molar-refractivity contribution >= 4 is 8.32 Å². The standard InChI is InChI=1S/C26H42O5Si/c1-7-22-23(14-18-27-20-21-12-9-8-10-13-21)30-26(16-11-17-28-26)31-24(22)15-19-29-32(5,6)25(2,3)4/h7-10,12-13,22-24H,1,11,14-20H2,2-6H3/t22-,23+,24+,26?/m1/s1. The molecule has 1 spiro atoms. The molecule has 2 saturated heterocycles. The van der Waals surface area contributed by atoms with Gasteiger partial charge in [-0.3, -0.25) is 0 Å². The Bertz CT molecular complexity index is 709. The lowest BCUT2D eigenvalue weighted by Crippen LogP contribution is -2.54. The Morgan fingerprint density at radius 1 is 1.09 bits per heavy atom. The van der Waals surface area contributed by atoms with Crippen LogP contribution in [0.3, 0.4) is 0 Å². The zero-order valence-electron chi connectivity index (χ0n) is 20.6. The molecule has 2 heterocycles. The third-order valence-corrected chi connectivity index (χ3v) is 11.6. The molecule has 0 amide bonds. The molecule has 0 saturated carbocycles. The molecule has 2 aliphatic heterocycles. The number of ether oxygens (including phenoxy) is 4. The van der Waals surface area contributed by atoms with Gasteiger partial charge >= 0.3 is 0 Å². The lowest BCUT2D eigenvalue weighted by molar-refractivity contribution is -0.426. The number of hydrogen-bond donors (Lipinski definition) is 0. The Balaban J connectivity index is 1.59. The van der Waals surface area contributed by atoms with Crippen LogP contribution >= 0.6 is 0 Å². The van der Waals surface area contributed by atoms with E-state index in [9.17, 15) is 0 Å². The molecule has 4 atom stereocenters. The van der Waals surface area contributed by atoms with E-state index in [0.29, 0.717) is 26.4 Å². The predicted octanol–water partition coefficient (Wildman–Crippen LogP) is 6.06. The summed E-state index contributed by atoms with van der Waals surface area (Å²) in [5.74, 6) is -0.848. The summed E-state index contributed by atoms with van der Waals surface area (Å²) < 4.78 is 31.2. The van der Waals surface area contributed by atoms with Crippen LogP contribution in [0.1, 0.15) is 52.0 Å². The first-order valence-electron chi connectivity index (χ1n) is 12.0. The van der Waals surface area contributed by atoms with E-state index in [-0.39, 0.29) is 23.2 Å². The van der Waals surface area contributed by atoms with Gasteiger partial charge in [-0.25, -0.2) is 0 Å². The monoisotopic (exact) mass is 462 g/mol. The fourth-order valence-corrected chi connectivity index (χ4v) is 5.14. The molecule has 0 bridgehead atoms. The van der Waals surface area contributed by atoms with Gasteiger partial charge in [0.1, 0.15) is 0 Å². The van der Waals surface area contributed by atoms with E-state index in [1.165, 1.54) is 5.56 Å². The fraction of sp³-hybridized carbons (Fsp3) is 0.692. The molecule has 1 aromatic rings. The third-order valence-electron chi connectivity index (χ3n) is 7.07. The molecule has 0 aromatic heterocycles. The van der Waals surface area contributed by atoms with Crippen LogP contribution in [-0.4, -0.2) is 46.3 Å². The van der Waals surface area contributed by atoms with Gasteiger partial charge in [0, 0.05) is 25.6 Å². The summed E-state index contributed by atoms with van der Waals surface area (Å²) >= 11 is 0. The van der Waals surface area contributed by atoms with Crippen molar-refractivity contribution in [2.75, 3.05) is 19.8 Å². The molecule has 0 N–H and O–H groups in total. The molecule has 1 unspecified atom stereocenters. The van der Waals surface area contributed by atoms with E-state index in [4.69, 9.17) is 23.4 Å². The van der Waals surface area contributed by atoms with Gasteiger partial charge in [0.25, 0.3) is 5.97 Å². The maximum Gasteiger partial charge on any atom is 0.283 e. The minimum atomic E-state index is -1.80. The zero-order chi connectivity index (χ0) is 23.2. The minimum absolute atomic E-state index is 0.0387. The topological polar surface area (TPSA) is 46.2 Å². The second-order valence-corrected chi connectivity index (χ2v) is 15.3. The number of hydrogen-bond acceptors (Lipinski definition) is 5. The Kier molecular flexibility index (Phi) is 8.75. The van der Waals surface area contributed by atoms with Crippen molar-refractivity contribution in [3.8, 4) is 0 Å². The summed E-state index contributed by atoms with van der Waals surface area (Å²) in [5.41, 5.74) is 1.18. The van der Waals surface area contributed by atoms with E-state index < -0.39 is 14.3 Å². The highest BCUT2D eigenvalue weighted by Crippen LogP contribution is 2.42. The number of benzene rings is 1. The van der Waals surface area contributed by atoms with Gasteiger partial charge in [-0.05, 0) is 43.0 Å². The molecule has 6 heteroatoms. The van der Waals surface area contributed by atoms with Gasteiger partial charge in [0.05, 0.1) is 25.4 Å². The average molecular weight is 463 g/mol. The molecule has 180 valence electrons. The Morgan fingerprint density at radius 2 is 1.75 bits per heavy atom. The first-order valence-corrected chi connectivity index (χ1v) is 14.9. The highest BCUT2D eigenvalue weighted by Gasteiger charge is 2.50. The van der Waals surface area contributed by atoms with Gasteiger partial charge in [-0.15, -0.1) is 6.58 Å². The van der Waals surface area contributed by atoms with E-state index in [1.54, 1.807) is 0 Å². The summed E-state index contributed by atoms with van der Waals surface area (Å²) in [6.45, 7) is 18.1. The van der Waals surface area contributed by atoms with Gasteiger partial charge in [0.2, 0.25) is 0 Å². The largest absolute Gasteiger partial charge is 0.417 e. The van der Waals surface area contributed by atoms with E-state index in [2.05, 4.69) is 52.6 Å². The Morgan fingerprint density at radius 3 is 2.31 bits per heavy atom. The van der Waals surface area contributed by atoms with Crippen LogP contribution in [0.25, 0.3) is 0 Å². The molecule has 1 aromatic carbocycles.